The number of amides is 1. The van der Waals surface area contributed by atoms with E-state index in [1.807, 2.05) is 10.6 Å². The highest BCUT2D eigenvalue weighted by Gasteiger charge is 2.23. The van der Waals surface area contributed by atoms with Crippen molar-refractivity contribution in [1.29, 1.82) is 0 Å². The van der Waals surface area contributed by atoms with Gasteiger partial charge in [-0.25, -0.2) is 4.98 Å². The molecule has 1 saturated heterocycles. The van der Waals surface area contributed by atoms with Crippen LogP contribution >= 0.6 is 0 Å². The molecular formula is C17H25N5O2. The van der Waals surface area contributed by atoms with Crippen LogP contribution in [0.25, 0.3) is 11.0 Å². The number of imidazole rings is 1. The van der Waals surface area contributed by atoms with Gasteiger partial charge in [0.1, 0.15) is 5.52 Å². The van der Waals surface area contributed by atoms with Crippen LogP contribution in [0.15, 0.2) is 18.2 Å². The maximum absolute atomic E-state index is 11.7. The molecule has 2 aromatic rings. The Morgan fingerprint density at radius 1 is 1.25 bits per heavy atom. The van der Waals surface area contributed by atoms with Gasteiger partial charge in [-0.3, -0.25) is 9.69 Å². The van der Waals surface area contributed by atoms with Crippen molar-refractivity contribution < 1.29 is 9.90 Å². The number of anilines is 1. The fourth-order valence-electron chi connectivity index (χ4n) is 3.38. The van der Waals surface area contributed by atoms with Crippen LogP contribution in [0.5, 0.6) is 0 Å². The van der Waals surface area contributed by atoms with Crippen molar-refractivity contribution in [3.8, 4) is 0 Å². The van der Waals surface area contributed by atoms with E-state index >= 15 is 0 Å². The van der Waals surface area contributed by atoms with Gasteiger partial charge in [-0.1, -0.05) is 13.0 Å². The number of primary amides is 1. The van der Waals surface area contributed by atoms with Gasteiger partial charge in [0.05, 0.1) is 17.7 Å². The first-order valence-corrected chi connectivity index (χ1v) is 8.53. The van der Waals surface area contributed by atoms with E-state index in [0.717, 1.165) is 50.6 Å². The second-order valence-electron chi connectivity index (χ2n) is 6.15. The van der Waals surface area contributed by atoms with Crippen molar-refractivity contribution in [3.05, 3.63) is 23.8 Å². The molecule has 1 aliphatic heterocycles. The molecule has 0 bridgehead atoms. The Morgan fingerprint density at radius 3 is 2.62 bits per heavy atom. The van der Waals surface area contributed by atoms with Gasteiger partial charge >= 0.3 is 0 Å². The van der Waals surface area contributed by atoms with Gasteiger partial charge in [-0.2, -0.15) is 0 Å². The van der Waals surface area contributed by atoms with E-state index in [1.54, 1.807) is 12.1 Å². The third-order valence-corrected chi connectivity index (χ3v) is 4.54. The molecule has 3 rings (SSSR count). The van der Waals surface area contributed by atoms with Gasteiger partial charge in [0.15, 0.2) is 0 Å². The number of nitrogens with two attached hydrogens (primary N) is 1. The lowest BCUT2D eigenvalue weighted by atomic mass is 10.2. The molecule has 0 unspecified atom stereocenters. The number of hydrogen-bond acceptors (Lipinski definition) is 5. The third-order valence-electron chi connectivity index (χ3n) is 4.54. The minimum absolute atomic E-state index is 0.0229. The number of hydrogen-bond donors (Lipinski definition) is 2. The summed E-state index contributed by atoms with van der Waals surface area (Å²) in [5, 5.41) is 9.44. The molecule has 7 nitrogen and oxygen atoms in total. The predicted octanol–water partition coefficient (Wildman–Crippen LogP) is 0.659. The zero-order valence-corrected chi connectivity index (χ0v) is 14.1. The van der Waals surface area contributed by atoms with Gasteiger partial charge in [-0.15, -0.1) is 0 Å². The molecule has 0 saturated carbocycles. The maximum atomic E-state index is 11.7. The summed E-state index contributed by atoms with van der Waals surface area (Å²) in [5.41, 5.74) is 7.37. The first kappa shape index (κ1) is 16.7. The van der Waals surface area contributed by atoms with Gasteiger partial charge in [0.2, 0.25) is 5.95 Å². The SMILES string of the molecule is CCCN1CCN(c2nc3c(C(N)=O)cccc3n2CCO)CC1. The summed E-state index contributed by atoms with van der Waals surface area (Å²) in [6.07, 6.45) is 1.16. The lowest BCUT2D eigenvalue weighted by Gasteiger charge is -2.35. The summed E-state index contributed by atoms with van der Waals surface area (Å²) in [5.74, 6) is 0.331. The summed E-state index contributed by atoms with van der Waals surface area (Å²) in [6, 6.07) is 5.42. The van der Waals surface area contributed by atoms with E-state index in [4.69, 9.17) is 10.7 Å². The molecule has 1 aliphatic rings. The van der Waals surface area contributed by atoms with Crippen molar-refractivity contribution in [3.63, 3.8) is 0 Å². The topological polar surface area (TPSA) is 87.6 Å². The second kappa shape index (κ2) is 7.19. The number of piperazine rings is 1. The fourth-order valence-corrected chi connectivity index (χ4v) is 3.38. The van der Waals surface area contributed by atoms with Gasteiger partial charge < -0.3 is 20.3 Å². The summed E-state index contributed by atoms with van der Waals surface area (Å²) in [4.78, 5) is 21.1. The number of rotatable bonds is 6. The van der Waals surface area contributed by atoms with Crippen molar-refractivity contribution in [2.24, 2.45) is 5.73 Å². The molecule has 7 heteroatoms. The number of aliphatic hydroxyl groups is 1. The molecule has 0 atom stereocenters. The smallest absolute Gasteiger partial charge is 0.250 e. The minimum Gasteiger partial charge on any atom is -0.395 e. The van der Waals surface area contributed by atoms with Crippen LogP contribution in [-0.2, 0) is 6.54 Å². The number of benzene rings is 1. The molecule has 2 heterocycles. The molecule has 0 spiro atoms. The lowest BCUT2D eigenvalue weighted by Crippen LogP contribution is -2.47. The van der Waals surface area contributed by atoms with Crippen LogP contribution in [0.3, 0.4) is 0 Å². The highest BCUT2D eigenvalue weighted by molar-refractivity contribution is 6.04. The van der Waals surface area contributed by atoms with E-state index < -0.39 is 5.91 Å². The summed E-state index contributed by atoms with van der Waals surface area (Å²) in [7, 11) is 0. The van der Waals surface area contributed by atoms with Crippen LogP contribution < -0.4 is 10.6 Å². The highest BCUT2D eigenvalue weighted by Crippen LogP contribution is 2.26. The van der Waals surface area contributed by atoms with Crippen molar-refractivity contribution in [2.45, 2.75) is 19.9 Å². The summed E-state index contributed by atoms with van der Waals surface area (Å²) in [6.45, 7) is 7.56. The Bertz CT molecular complexity index is 719. The second-order valence-corrected chi connectivity index (χ2v) is 6.15. The molecule has 0 aliphatic carbocycles. The number of aromatic nitrogens is 2. The molecular weight excluding hydrogens is 306 g/mol. The van der Waals surface area contributed by atoms with Crippen LogP contribution in [0, 0.1) is 0 Å². The average Bonchev–Trinajstić information content (AvgIpc) is 2.95. The quantitative estimate of drug-likeness (QED) is 0.812. The van der Waals surface area contributed by atoms with E-state index in [0.29, 0.717) is 17.6 Å². The third kappa shape index (κ3) is 3.09. The van der Waals surface area contributed by atoms with Gasteiger partial charge in [0.25, 0.3) is 5.91 Å². The first-order valence-electron chi connectivity index (χ1n) is 8.53. The van der Waals surface area contributed by atoms with Crippen molar-refractivity contribution >= 4 is 22.9 Å². The Morgan fingerprint density at radius 2 is 2.00 bits per heavy atom. The molecule has 3 N–H and O–H groups in total. The number of carbonyl (C=O) groups is 1. The Balaban J connectivity index is 1.97. The number of carbonyl (C=O) groups excluding carboxylic acids is 1. The molecule has 0 radical (unpaired) electrons. The van der Waals surface area contributed by atoms with Gasteiger partial charge in [-0.05, 0) is 25.1 Å². The number of fused-ring (bicyclic) bond motifs is 1. The molecule has 1 fully saturated rings. The molecule has 130 valence electrons. The van der Waals surface area contributed by atoms with Crippen molar-refractivity contribution in [1.82, 2.24) is 14.5 Å². The minimum atomic E-state index is -0.478. The normalized spacial score (nSPS) is 16.0. The maximum Gasteiger partial charge on any atom is 0.250 e. The highest BCUT2D eigenvalue weighted by atomic mass is 16.3. The monoisotopic (exact) mass is 331 g/mol. The zero-order valence-electron chi connectivity index (χ0n) is 14.1. The van der Waals surface area contributed by atoms with Crippen LogP contribution in [0.2, 0.25) is 0 Å². The lowest BCUT2D eigenvalue weighted by molar-refractivity contribution is 0.100. The van der Waals surface area contributed by atoms with Crippen LogP contribution in [0.4, 0.5) is 5.95 Å². The van der Waals surface area contributed by atoms with Crippen molar-refractivity contribution in [2.75, 3.05) is 44.2 Å². The zero-order chi connectivity index (χ0) is 17.1. The average molecular weight is 331 g/mol. The molecule has 1 aromatic heterocycles. The number of para-hydroxylation sites is 1. The summed E-state index contributed by atoms with van der Waals surface area (Å²) >= 11 is 0. The largest absolute Gasteiger partial charge is 0.395 e. The standard InChI is InChI=1S/C17H25N5O2/c1-2-6-20-7-9-21(10-8-20)17-19-15-13(16(18)24)4-3-5-14(15)22(17)11-12-23/h3-5,23H,2,6-12H2,1H3,(H2,18,24). The number of nitrogens with zero attached hydrogens (tertiary/aromatic N) is 4. The van der Waals surface area contributed by atoms with E-state index in [1.165, 1.54) is 0 Å². The van der Waals surface area contributed by atoms with Gasteiger partial charge in [0, 0.05) is 32.7 Å². The van der Waals surface area contributed by atoms with Crippen LogP contribution in [0.1, 0.15) is 23.7 Å². The van der Waals surface area contributed by atoms with E-state index in [9.17, 15) is 9.90 Å². The first-order chi connectivity index (χ1) is 11.7. The number of aliphatic hydroxyl groups excluding tert-OH is 1. The Kier molecular flexibility index (Phi) is 5.01. The van der Waals surface area contributed by atoms with E-state index in [-0.39, 0.29) is 6.61 Å². The fraction of sp³-hybridized carbons (Fsp3) is 0.529. The van der Waals surface area contributed by atoms with E-state index in [2.05, 4.69) is 16.7 Å². The Hall–Kier alpha value is -2.12. The molecule has 1 aromatic carbocycles. The van der Waals surface area contributed by atoms with Crippen LogP contribution in [-0.4, -0.2) is 64.8 Å². The summed E-state index contributed by atoms with van der Waals surface area (Å²) < 4.78 is 1.98. The molecule has 1 amide bonds. The molecule has 24 heavy (non-hydrogen) atoms. The predicted molar refractivity (Wildman–Crippen MR) is 94.3 cm³/mol. The Labute approximate surface area is 141 Å².